The highest BCUT2D eigenvalue weighted by atomic mass is 16.4. The minimum absolute atomic E-state index is 0.520. The van der Waals surface area contributed by atoms with Crippen molar-refractivity contribution in [3.63, 3.8) is 0 Å². The van der Waals surface area contributed by atoms with Crippen LogP contribution in [0.25, 0.3) is 0 Å². The Kier molecular flexibility index (Phi) is 4.59. The van der Waals surface area contributed by atoms with Crippen molar-refractivity contribution in [1.82, 2.24) is 0 Å². The summed E-state index contributed by atoms with van der Waals surface area (Å²) in [5.74, 6) is -0.920. The normalized spacial score (nSPS) is 12.3. The molecule has 0 aliphatic rings. The van der Waals surface area contributed by atoms with Gasteiger partial charge in [0.15, 0.2) is 0 Å². The molecule has 0 aliphatic heterocycles. The fourth-order valence-electron chi connectivity index (χ4n) is 0.745. The van der Waals surface area contributed by atoms with Crippen LogP contribution in [0.5, 0.6) is 0 Å². The van der Waals surface area contributed by atoms with Gasteiger partial charge in [-0.15, -0.1) is 0 Å². The van der Waals surface area contributed by atoms with Crippen LogP contribution >= 0.6 is 0 Å². The summed E-state index contributed by atoms with van der Waals surface area (Å²) < 4.78 is 0. The Balaban J connectivity index is 3.85. The Hall–Kier alpha value is -0.830. The number of carbonyl (C=O) groups is 1. The Morgan fingerprint density at radius 2 is 1.92 bits per heavy atom. The van der Waals surface area contributed by atoms with Crippen LogP contribution in [-0.4, -0.2) is 17.1 Å². The van der Waals surface area contributed by atoms with Gasteiger partial charge < -0.3 is 10.8 Å². The predicted molar refractivity (Wildman–Crippen MR) is 48.9 cm³/mol. The molecule has 0 aromatic carbocycles. The second-order valence-corrected chi connectivity index (χ2v) is 3.26. The highest BCUT2D eigenvalue weighted by Crippen LogP contribution is 2.10. The zero-order chi connectivity index (χ0) is 9.72. The van der Waals surface area contributed by atoms with Crippen LogP contribution in [0.2, 0.25) is 0 Å². The summed E-state index contributed by atoms with van der Waals surface area (Å²) in [5.41, 5.74) is 7.81. The number of carboxylic acid groups (broad SMARTS) is 1. The molecule has 0 bridgehead atoms. The maximum atomic E-state index is 10.3. The number of allylic oxidation sites excluding steroid dienone is 2. The van der Waals surface area contributed by atoms with E-state index in [-0.39, 0.29) is 0 Å². The molecule has 0 heterocycles. The Morgan fingerprint density at radius 3 is 2.25 bits per heavy atom. The Morgan fingerprint density at radius 1 is 1.42 bits per heavy atom. The van der Waals surface area contributed by atoms with Crippen LogP contribution in [0.1, 0.15) is 33.6 Å². The second kappa shape index (κ2) is 4.93. The van der Waals surface area contributed by atoms with Crippen LogP contribution in [0.15, 0.2) is 11.1 Å². The first kappa shape index (κ1) is 11.2. The summed E-state index contributed by atoms with van der Waals surface area (Å²) in [6.45, 7) is 6.03. The van der Waals surface area contributed by atoms with E-state index in [0.717, 1.165) is 6.42 Å². The molecule has 70 valence electrons. The molecule has 0 aromatic rings. The first-order valence-corrected chi connectivity index (χ1v) is 4.06. The molecule has 0 aromatic heterocycles. The van der Waals surface area contributed by atoms with E-state index in [1.54, 1.807) is 0 Å². The summed E-state index contributed by atoms with van der Waals surface area (Å²) in [6, 6.07) is -0.723. The molecule has 0 fully saturated rings. The third-order valence-corrected chi connectivity index (χ3v) is 2.00. The average molecular weight is 171 g/mol. The zero-order valence-electron chi connectivity index (χ0n) is 7.92. The van der Waals surface area contributed by atoms with E-state index in [1.165, 1.54) is 11.1 Å². The SMILES string of the molecule is CC(C)=C(C)CC[C@H](N)C(=O)O. The zero-order valence-corrected chi connectivity index (χ0v) is 7.92. The lowest BCUT2D eigenvalue weighted by Gasteiger charge is -2.07. The molecule has 0 aliphatic carbocycles. The molecule has 0 saturated carbocycles. The van der Waals surface area contributed by atoms with Crippen LogP contribution in [0.4, 0.5) is 0 Å². The lowest BCUT2D eigenvalue weighted by atomic mass is 10.0. The molecule has 1 atom stereocenters. The fourth-order valence-corrected chi connectivity index (χ4v) is 0.745. The largest absolute Gasteiger partial charge is 0.480 e. The molecule has 12 heavy (non-hydrogen) atoms. The van der Waals surface area contributed by atoms with Gasteiger partial charge in [0.05, 0.1) is 0 Å². The molecule has 0 radical (unpaired) electrons. The fraction of sp³-hybridized carbons (Fsp3) is 0.667. The van der Waals surface area contributed by atoms with E-state index in [4.69, 9.17) is 10.8 Å². The maximum Gasteiger partial charge on any atom is 0.320 e. The monoisotopic (exact) mass is 171 g/mol. The van der Waals surface area contributed by atoms with E-state index in [0.29, 0.717) is 6.42 Å². The van der Waals surface area contributed by atoms with Gasteiger partial charge in [0.25, 0.3) is 0 Å². The molecular formula is C9H17NO2. The molecule has 0 unspecified atom stereocenters. The highest BCUT2D eigenvalue weighted by Gasteiger charge is 2.10. The third kappa shape index (κ3) is 4.13. The van der Waals surface area contributed by atoms with Crippen molar-refractivity contribution in [2.75, 3.05) is 0 Å². The number of rotatable bonds is 4. The van der Waals surface area contributed by atoms with Crippen molar-refractivity contribution >= 4 is 5.97 Å². The molecule has 0 saturated heterocycles. The first-order valence-electron chi connectivity index (χ1n) is 4.06. The van der Waals surface area contributed by atoms with Crippen molar-refractivity contribution in [2.24, 2.45) is 5.73 Å². The molecule has 3 N–H and O–H groups in total. The molecule has 0 amide bonds. The predicted octanol–water partition coefficient (Wildman–Crippen LogP) is 1.53. The number of aliphatic carboxylic acids is 1. The van der Waals surface area contributed by atoms with Crippen LogP contribution in [0, 0.1) is 0 Å². The standard InChI is InChI=1S/C9H17NO2/c1-6(2)7(3)4-5-8(10)9(11)12/h8H,4-5,10H2,1-3H3,(H,11,12)/t8-/m0/s1. The maximum absolute atomic E-state index is 10.3. The smallest absolute Gasteiger partial charge is 0.320 e. The van der Waals surface area contributed by atoms with Gasteiger partial charge in [-0.2, -0.15) is 0 Å². The Labute approximate surface area is 73.3 Å². The lowest BCUT2D eigenvalue weighted by Crippen LogP contribution is -2.29. The minimum atomic E-state index is -0.920. The van der Waals surface area contributed by atoms with Crippen LogP contribution in [-0.2, 0) is 4.79 Å². The van der Waals surface area contributed by atoms with E-state index in [2.05, 4.69) is 0 Å². The van der Waals surface area contributed by atoms with Crippen molar-refractivity contribution in [3.8, 4) is 0 Å². The van der Waals surface area contributed by atoms with E-state index in [9.17, 15) is 4.79 Å². The summed E-state index contributed by atoms with van der Waals surface area (Å²) in [5, 5.41) is 8.49. The molecule has 0 spiro atoms. The van der Waals surface area contributed by atoms with Crippen LogP contribution in [0.3, 0.4) is 0 Å². The topological polar surface area (TPSA) is 63.3 Å². The summed E-state index contributed by atoms with van der Waals surface area (Å²) in [4.78, 5) is 10.3. The van der Waals surface area contributed by atoms with Gasteiger partial charge in [-0.05, 0) is 33.6 Å². The average Bonchev–Trinajstić information content (AvgIpc) is 1.98. The third-order valence-electron chi connectivity index (χ3n) is 2.00. The van der Waals surface area contributed by atoms with Gasteiger partial charge in [-0.1, -0.05) is 11.1 Å². The van der Waals surface area contributed by atoms with Gasteiger partial charge in [-0.25, -0.2) is 0 Å². The van der Waals surface area contributed by atoms with Crippen molar-refractivity contribution in [3.05, 3.63) is 11.1 Å². The van der Waals surface area contributed by atoms with E-state index >= 15 is 0 Å². The van der Waals surface area contributed by atoms with Gasteiger partial charge in [0, 0.05) is 0 Å². The van der Waals surface area contributed by atoms with Crippen LogP contribution < -0.4 is 5.73 Å². The van der Waals surface area contributed by atoms with Crippen molar-refractivity contribution in [1.29, 1.82) is 0 Å². The van der Waals surface area contributed by atoms with Gasteiger partial charge >= 0.3 is 5.97 Å². The molecule has 3 heteroatoms. The highest BCUT2D eigenvalue weighted by molar-refractivity contribution is 5.73. The lowest BCUT2D eigenvalue weighted by molar-refractivity contribution is -0.138. The second-order valence-electron chi connectivity index (χ2n) is 3.26. The summed E-state index contributed by atoms with van der Waals surface area (Å²) >= 11 is 0. The Bertz CT molecular complexity index is 193. The molecular weight excluding hydrogens is 154 g/mol. The summed E-state index contributed by atoms with van der Waals surface area (Å²) in [6.07, 6.45) is 1.29. The number of nitrogens with two attached hydrogens (primary N) is 1. The van der Waals surface area contributed by atoms with Gasteiger partial charge in [0.2, 0.25) is 0 Å². The quantitative estimate of drug-likeness (QED) is 0.630. The van der Waals surface area contributed by atoms with Gasteiger partial charge in [0.1, 0.15) is 6.04 Å². The number of hydrogen-bond acceptors (Lipinski definition) is 2. The van der Waals surface area contributed by atoms with Gasteiger partial charge in [-0.3, -0.25) is 4.79 Å². The number of carboxylic acids is 1. The molecule has 0 rings (SSSR count). The van der Waals surface area contributed by atoms with Crippen molar-refractivity contribution in [2.45, 2.75) is 39.7 Å². The summed E-state index contributed by atoms with van der Waals surface area (Å²) in [7, 11) is 0. The number of hydrogen-bond donors (Lipinski definition) is 2. The minimum Gasteiger partial charge on any atom is -0.480 e. The van der Waals surface area contributed by atoms with Crippen molar-refractivity contribution < 1.29 is 9.90 Å². The van der Waals surface area contributed by atoms with E-state index in [1.807, 2.05) is 20.8 Å². The first-order chi connectivity index (χ1) is 5.45. The molecule has 3 nitrogen and oxygen atoms in total. The van der Waals surface area contributed by atoms with E-state index < -0.39 is 12.0 Å².